The van der Waals surface area contributed by atoms with Gasteiger partial charge in [-0.05, 0) is 218 Å². The number of esters is 7. The molecule has 602 valence electrons. The van der Waals surface area contributed by atoms with Crippen LogP contribution < -0.4 is 0 Å². The minimum absolute atomic E-state index is 0.00579. The van der Waals surface area contributed by atoms with E-state index in [0.29, 0.717) is 59.2 Å². The lowest BCUT2D eigenvalue weighted by molar-refractivity contribution is -0.182. The molecule has 0 amide bonds. The molecule has 1 aromatic rings. The molecule has 0 bridgehead atoms. The molecule has 5 aliphatic heterocycles. The van der Waals surface area contributed by atoms with E-state index in [1.165, 1.54) is 13.3 Å². The lowest BCUT2D eigenvalue weighted by atomic mass is 9.79. The largest absolute Gasteiger partial charge is 0.463 e. The summed E-state index contributed by atoms with van der Waals surface area (Å²) >= 11 is 0. The zero-order valence-corrected chi connectivity index (χ0v) is 66.7. The summed E-state index contributed by atoms with van der Waals surface area (Å²) < 4.78 is 87.6. The highest BCUT2D eigenvalue weighted by Gasteiger charge is 2.50. The number of rotatable bonds is 28. The highest BCUT2D eigenvalue weighted by atomic mass is 16.6. The van der Waals surface area contributed by atoms with Gasteiger partial charge >= 0.3 is 41.8 Å². The number of carbonyl (C=O) groups excluding carboxylic acids is 7. The number of ether oxygens (including phenoxy) is 15. The first kappa shape index (κ1) is 93.8. The van der Waals surface area contributed by atoms with Crippen molar-refractivity contribution in [1.29, 1.82) is 0 Å². The van der Waals surface area contributed by atoms with Crippen molar-refractivity contribution in [2.75, 3.05) is 54.4 Å². The summed E-state index contributed by atoms with van der Waals surface area (Å²) in [5.74, 6) is -1.32. The van der Waals surface area contributed by atoms with Crippen molar-refractivity contribution in [3.8, 4) is 0 Å². The molecule has 2 N–H and O–H groups in total. The average Bonchev–Trinajstić information content (AvgIpc) is 1.63. The summed E-state index contributed by atoms with van der Waals surface area (Å²) in [5.41, 5.74) is -1.75. The Bertz CT molecular complexity index is 3050. The van der Waals surface area contributed by atoms with Crippen molar-refractivity contribution in [1.82, 2.24) is 0 Å². The van der Waals surface area contributed by atoms with Crippen molar-refractivity contribution in [2.45, 2.75) is 320 Å². The summed E-state index contributed by atoms with van der Waals surface area (Å²) in [5, 5.41) is 17.9. The third-order valence-electron chi connectivity index (χ3n) is 19.2. The zero-order valence-electron chi connectivity index (χ0n) is 66.7. The van der Waals surface area contributed by atoms with Gasteiger partial charge in [0.25, 0.3) is 0 Å². The van der Waals surface area contributed by atoms with Crippen LogP contribution in [0.5, 0.6) is 0 Å². The van der Waals surface area contributed by atoms with E-state index in [1.807, 2.05) is 27.7 Å². The predicted molar refractivity (Wildman–Crippen MR) is 397 cm³/mol. The molecule has 6 heterocycles. The van der Waals surface area contributed by atoms with Crippen molar-refractivity contribution >= 4 is 41.8 Å². The second-order valence-corrected chi connectivity index (χ2v) is 30.6. The third-order valence-corrected chi connectivity index (χ3v) is 19.2. The van der Waals surface area contributed by atoms with E-state index in [1.54, 1.807) is 95.8 Å². The fraction of sp³-hybridized carbons (Fsp3) is 0.716. The maximum absolute atomic E-state index is 12.0. The Morgan fingerprint density at radius 1 is 0.453 bits per heavy atom. The number of carbonyl (C=O) groups is 7. The molecule has 7 aliphatic rings. The van der Waals surface area contributed by atoms with E-state index < -0.39 is 57.5 Å². The molecule has 0 radical (unpaired) electrons. The predicted octanol–water partition coefficient (Wildman–Crippen LogP) is 12.8. The number of hydrogen-bond donors (Lipinski definition) is 2. The smallest absolute Gasteiger partial charge is 0.334 e. The van der Waals surface area contributed by atoms with Crippen molar-refractivity contribution in [3.63, 3.8) is 0 Å². The normalized spacial score (nSPS) is 24.3. The molecular weight excluding hydrogens is 1370 g/mol. The number of aliphatic hydroxyl groups is 2. The Morgan fingerprint density at radius 3 is 1.15 bits per heavy atom. The molecule has 10 atom stereocenters. The van der Waals surface area contributed by atoms with Crippen molar-refractivity contribution in [2.24, 2.45) is 0 Å². The monoisotopic (exact) mass is 1500 g/mol. The van der Waals surface area contributed by atoms with Crippen molar-refractivity contribution < 1.29 is 119 Å². The molecule has 25 nitrogen and oxygen atoms in total. The number of aliphatic hydroxyl groups excluding tert-OH is 2. The van der Waals surface area contributed by atoms with Crippen LogP contribution in [-0.2, 0) is 117 Å². The zero-order chi connectivity index (χ0) is 80.0. The lowest BCUT2D eigenvalue weighted by Gasteiger charge is -2.41. The molecule has 8 rings (SSSR count). The molecule has 1 aromatic heterocycles. The molecule has 7 fully saturated rings. The van der Waals surface area contributed by atoms with E-state index >= 15 is 0 Å². The topological polar surface area (TPSA) is 312 Å². The summed E-state index contributed by atoms with van der Waals surface area (Å²) in [7, 11) is 4.96. The molecule has 5 saturated heterocycles. The number of furan rings is 1. The highest BCUT2D eigenvalue weighted by molar-refractivity contribution is 5.89. The maximum atomic E-state index is 12.0. The minimum Gasteiger partial charge on any atom is -0.463 e. The third kappa shape index (κ3) is 30.6. The number of hydrogen-bond acceptors (Lipinski definition) is 25. The fourth-order valence-corrected chi connectivity index (χ4v) is 13.1. The Labute approximate surface area is 630 Å². The molecule has 0 spiro atoms. The van der Waals surface area contributed by atoms with Gasteiger partial charge in [-0.2, -0.15) is 0 Å². The van der Waals surface area contributed by atoms with E-state index in [9.17, 15) is 33.6 Å². The van der Waals surface area contributed by atoms with Gasteiger partial charge in [-0.1, -0.05) is 45.9 Å². The summed E-state index contributed by atoms with van der Waals surface area (Å²) in [6, 6.07) is 3.58. The fourth-order valence-electron chi connectivity index (χ4n) is 13.1. The quantitative estimate of drug-likeness (QED) is 0.0447. The van der Waals surface area contributed by atoms with Gasteiger partial charge in [0.15, 0.2) is 5.60 Å². The molecule has 2 aliphatic carbocycles. The molecule has 10 unspecified atom stereocenters. The van der Waals surface area contributed by atoms with Crippen molar-refractivity contribution in [3.05, 3.63) is 97.1 Å². The molecule has 106 heavy (non-hydrogen) atoms. The van der Waals surface area contributed by atoms with Crippen LogP contribution in [0.1, 0.15) is 230 Å². The molecule has 0 aromatic carbocycles. The van der Waals surface area contributed by atoms with E-state index in [4.69, 9.17) is 85.7 Å². The van der Waals surface area contributed by atoms with Crippen LogP contribution >= 0.6 is 0 Å². The Hall–Kier alpha value is -6.39. The van der Waals surface area contributed by atoms with E-state index in [0.717, 1.165) is 122 Å². The van der Waals surface area contributed by atoms with Crippen LogP contribution in [0.3, 0.4) is 0 Å². The van der Waals surface area contributed by atoms with Gasteiger partial charge < -0.3 is 85.7 Å². The highest BCUT2D eigenvalue weighted by Crippen LogP contribution is 2.44. The van der Waals surface area contributed by atoms with Crippen LogP contribution in [0.2, 0.25) is 0 Å². The van der Waals surface area contributed by atoms with Gasteiger partial charge in [0.2, 0.25) is 0 Å². The van der Waals surface area contributed by atoms with Gasteiger partial charge in [-0.15, -0.1) is 0 Å². The average molecular weight is 1500 g/mol. The first-order chi connectivity index (χ1) is 49.6. The van der Waals surface area contributed by atoms with Gasteiger partial charge in [0.05, 0.1) is 87.5 Å². The van der Waals surface area contributed by atoms with Crippen LogP contribution in [0, 0.1) is 0 Å². The van der Waals surface area contributed by atoms with Gasteiger partial charge in [-0.25, -0.2) is 28.8 Å². The first-order valence-electron chi connectivity index (χ1n) is 37.1. The number of methoxy groups -OCH3 is 3. The lowest BCUT2D eigenvalue weighted by Crippen LogP contribution is -2.48. The maximum Gasteiger partial charge on any atom is 0.334 e. The Balaban J connectivity index is 0.000000331. The van der Waals surface area contributed by atoms with Crippen LogP contribution in [0.25, 0.3) is 0 Å². The van der Waals surface area contributed by atoms with Crippen LogP contribution in [0.15, 0.2) is 90.0 Å². The Kier molecular flexibility index (Phi) is 39.2. The SMILES string of the molecule is C=C(C)C(=O)OC(C)(C)C1CCC(CO)O1.C=C(C)C(=O)OC(C)(C)C1CCC(COC(C)=O)O1.C=C(C)C(=O)OC(C)(C)c1ccc(COC)o1.C=C(C)C(=O)OC1(C2CCC(COC)O2)CCCC1.C=C(C)C(=O)OC1(C2CCC(COC)O2)CCCCC1.C=CC(=O)OC(C)(C)C1CCC(CO)O1. The van der Waals surface area contributed by atoms with Gasteiger partial charge in [0, 0.05) is 62.2 Å². The van der Waals surface area contributed by atoms with Crippen LogP contribution in [0.4, 0.5) is 0 Å². The van der Waals surface area contributed by atoms with E-state index in [2.05, 4.69) is 39.5 Å². The van der Waals surface area contributed by atoms with Crippen LogP contribution in [-0.4, -0.2) is 195 Å². The summed E-state index contributed by atoms with van der Waals surface area (Å²) in [4.78, 5) is 80.2. The van der Waals surface area contributed by atoms with Gasteiger partial charge in [0.1, 0.15) is 52.7 Å². The molecule has 25 heteroatoms. The molecule has 2 saturated carbocycles. The second kappa shape index (κ2) is 44.3. The Morgan fingerprint density at radius 2 is 0.802 bits per heavy atom. The van der Waals surface area contributed by atoms with E-state index in [-0.39, 0.29) is 98.8 Å². The minimum atomic E-state index is -0.817. The summed E-state index contributed by atoms with van der Waals surface area (Å²) in [6.07, 6.45) is 18.3. The first-order valence-corrected chi connectivity index (χ1v) is 37.1. The van der Waals surface area contributed by atoms with Gasteiger partial charge in [-0.3, -0.25) is 4.79 Å². The summed E-state index contributed by atoms with van der Waals surface area (Å²) in [6.45, 7) is 47.2. The second-order valence-electron chi connectivity index (χ2n) is 30.6. The molecular formula is C81H128O25. The standard InChI is InChI=1S/C16H26O4.C15H24O4.C14H22O5.C13H18O4.C12H20O4.C11H18O4/c1-12(2)15(17)20-16(9-5-4-6-10-16)14-8-7-13(19-14)11-18-3;1-11(2)14(16)19-15(8-4-5-9-15)13-7-6-12(18-13)10-17-3;1-9(2)13(16)19-14(4,5)12-7-6-11(18-12)8-17-10(3)15;1-9(2)12(14)17-13(3,4)11-7-6-10(16-11)8-15-5;1-8(2)11(14)16-12(3,4)10-6-5-9(7-13)15-10;1-4-10(13)15-11(2,3)9-6-5-8(7-12)14-9/h13-14H,1,4-11H2,2-3H3;12-13H,1,4-10H2,2-3H3;11-12H,1,6-8H2,2-5H3;6-7H,1,8H2,2-5H3;9-10,13H,1,5-7H2,2-4H3;4,8-9,12H,1,5-7H2,2-3H3.